The summed E-state index contributed by atoms with van der Waals surface area (Å²) >= 11 is 0. The Balaban J connectivity index is 2.14. The van der Waals surface area contributed by atoms with E-state index in [2.05, 4.69) is 0 Å². The molecule has 0 spiro atoms. The van der Waals surface area contributed by atoms with Crippen molar-refractivity contribution in [2.45, 2.75) is 24.1 Å². The molecule has 2 aromatic carbocycles. The molecule has 0 unspecified atom stereocenters. The number of para-hydroxylation sites is 1. The van der Waals surface area contributed by atoms with Gasteiger partial charge in [-0.15, -0.1) is 0 Å². The molecule has 0 radical (unpaired) electrons. The third kappa shape index (κ3) is 3.89. The second-order valence-corrected chi connectivity index (χ2v) is 8.30. The molecule has 0 N–H and O–H groups in total. The molecular weight excluding hydrogens is 395 g/mol. The SMILES string of the molecule is C[C@H](Oc1ccc(S(C)(=O)=O)cc1C(=O)n1ccc2ccccc21)C(F)(F)F. The van der Waals surface area contributed by atoms with Crippen molar-refractivity contribution < 1.29 is 31.1 Å². The van der Waals surface area contributed by atoms with Gasteiger partial charge in [-0.05, 0) is 37.3 Å². The second kappa shape index (κ2) is 6.97. The smallest absolute Gasteiger partial charge is 0.425 e. The molecule has 0 aliphatic carbocycles. The highest BCUT2D eigenvalue weighted by molar-refractivity contribution is 7.90. The Bertz CT molecular complexity index is 1150. The first-order chi connectivity index (χ1) is 13.0. The van der Waals surface area contributed by atoms with Gasteiger partial charge in [0, 0.05) is 17.8 Å². The molecule has 1 aromatic heterocycles. The molecule has 0 fully saturated rings. The van der Waals surface area contributed by atoms with Crippen molar-refractivity contribution in [3.05, 3.63) is 60.3 Å². The van der Waals surface area contributed by atoms with Gasteiger partial charge in [0.2, 0.25) is 0 Å². The fourth-order valence-corrected chi connectivity index (χ4v) is 3.30. The molecule has 0 aliphatic heterocycles. The zero-order valence-corrected chi connectivity index (χ0v) is 15.7. The summed E-state index contributed by atoms with van der Waals surface area (Å²) in [5.74, 6) is -1.05. The van der Waals surface area contributed by atoms with Crippen LogP contribution in [0.2, 0.25) is 0 Å². The summed E-state index contributed by atoms with van der Waals surface area (Å²) in [6, 6.07) is 11.8. The van der Waals surface area contributed by atoms with E-state index in [1.54, 1.807) is 30.3 Å². The predicted molar refractivity (Wildman–Crippen MR) is 97.4 cm³/mol. The first-order valence-electron chi connectivity index (χ1n) is 8.17. The second-order valence-electron chi connectivity index (χ2n) is 6.28. The molecule has 0 aliphatic rings. The number of nitrogens with zero attached hydrogens (tertiary/aromatic N) is 1. The minimum Gasteiger partial charge on any atom is -0.480 e. The number of alkyl halides is 3. The zero-order chi connectivity index (χ0) is 20.7. The first kappa shape index (κ1) is 19.9. The lowest BCUT2D eigenvalue weighted by atomic mass is 10.1. The number of ether oxygens (including phenoxy) is 1. The number of hydrogen-bond acceptors (Lipinski definition) is 4. The molecule has 28 heavy (non-hydrogen) atoms. The van der Waals surface area contributed by atoms with Gasteiger partial charge in [-0.2, -0.15) is 13.2 Å². The van der Waals surface area contributed by atoms with Crippen molar-refractivity contribution in [3.63, 3.8) is 0 Å². The lowest BCUT2D eigenvalue weighted by molar-refractivity contribution is -0.189. The maximum absolute atomic E-state index is 13.1. The van der Waals surface area contributed by atoms with Crippen molar-refractivity contribution >= 4 is 26.6 Å². The fourth-order valence-electron chi connectivity index (χ4n) is 2.66. The number of fused-ring (bicyclic) bond motifs is 1. The first-order valence-corrected chi connectivity index (χ1v) is 10.1. The van der Waals surface area contributed by atoms with Crippen LogP contribution in [0.5, 0.6) is 5.75 Å². The Morgan fingerprint density at radius 1 is 1.11 bits per heavy atom. The molecule has 9 heteroatoms. The van der Waals surface area contributed by atoms with Crippen molar-refractivity contribution in [2.24, 2.45) is 0 Å². The number of carbonyl (C=O) groups excluding carboxylic acids is 1. The van der Waals surface area contributed by atoms with E-state index in [-0.39, 0.29) is 16.2 Å². The molecule has 3 aromatic rings. The van der Waals surface area contributed by atoms with Crippen LogP contribution in [0.3, 0.4) is 0 Å². The van der Waals surface area contributed by atoms with Crippen LogP contribution in [0.15, 0.2) is 59.6 Å². The van der Waals surface area contributed by atoms with E-state index in [0.717, 1.165) is 36.8 Å². The van der Waals surface area contributed by atoms with Gasteiger partial charge < -0.3 is 4.74 Å². The van der Waals surface area contributed by atoms with E-state index in [0.29, 0.717) is 5.52 Å². The maximum Gasteiger partial charge on any atom is 0.425 e. The highest BCUT2D eigenvalue weighted by Crippen LogP contribution is 2.30. The Labute approximate surface area is 159 Å². The molecule has 0 bridgehead atoms. The standard InChI is InChI=1S/C19H16F3NO4S/c1-12(19(20,21)22)27-17-8-7-14(28(2,25)26)11-15(17)18(24)23-10-9-13-5-3-4-6-16(13)23/h3-12H,1-2H3/t12-/m0/s1. The Hall–Kier alpha value is -2.81. The van der Waals surface area contributed by atoms with Crippen LogP contribution >= 0.6 is 0 Å². The number of rotatable bonds is 4. The number of hydrogen-bond donors (Lipinski definition) is 0. The van der Waals surface area contributed by atoms with Crippen molar-refractivity contribution in [1.29, 1.82) is 0 Å². The lowest BCUT2D eigenvalue weighted by Gasteiger charge is -2.20. The van der Waals surface area contributed by atoms with Gasteiger partial charge in [-0.1, -0.05) is 18.2 Å². The number of aromatic nitrogens is 1. The third-order valence-electron chi connectivity index (χ3n) is 4.19. The van der Waals surface area contributed by atoms with Crippen LogP contribution in [-0.4, -0.2) is 37.4 Å². The number of carbonyl (C=O) groups is 1. The topological polar surface area (TPSA) is 65.4 Å². The minimum atomic E-state index is -4.64. The predicted octanol–water partition coefficient (Wildman–Crippen LogP) is 4.06. The number of sulfone groups is 1. The Morgan fingerprint density at radius 3 is 2.43 bits per heavy atom. The highest BCUT2D eigenvalue weighted by atomic mass is 32.2. The molecule has 0 saturated carbocycles. The van der Waals surface area contributed by atoms with Gasteiger partial charge in [-0.3, -0.25) is 9.36 Å². The molecule has 1 heterocycles. The summed E-state index contributed by atoms with van der Waals surface area (Å²) in [6.07, 6.45) is -4.40. The van der Waals surface area contributed by atoms with Crippen LogP contribution in [0.1, 0.15) is 17.3 Å². The average molecular weight is 411 g/mol. The van der Waals surface area contributed by atoms with Gasteiger partial charge in [0.15, 0.2) is 15.9 Å². The van der Waals surface area contributed by atoms with E-state index < -0.39 is 28.0 Å². The fraction of sp³-hybridized carbons (Fsp3) is 0.211. The van der Waals surface area contributed by atoms with Gasteiger partial charge in [-0.25, -0.2) is 8.42 Å². The summed E-state index contributed by atoms with van der Waals surface area (Å²) in [5, 5.41) is 0.751. The van der Waals surface area contributed by atoms with E-state index in [4.69, 9.17) is 4.74 Å². The van der Waals surface area contributed by atoms with Gasteiger partial charge in [0.25, 0.3) is 5.91 Å². The number of halogens is 3. The molecule has 148 valence electrons. The molecule has 5 nitrogen and oxygen atoms in total. The van der Waals surface area contributed by atoms with Crippen LogP contribution in [0.4, 0.5) is 13.2 Å². The monoisotopic (exact) mass is 411 g/mol. The number of benzene rings is 2. The van der Waals surface area contributed by atoms with E-state index in [1.807, 2.05) is 0 Å². The normalized spacial score (nSPS) is 13.5. The summed E-state index contributed by atoms with van der Waals surface area (Å²) < 4.78 is 68.6. The summed E-state index contributed by atoms with van der Waals surface area (Å²) in [6.45, 7) is 0.809. The van der Waals surface area contributed by atoms with Crippen molar-refractivity contribution in [1.82, 2.24) is 4.57 Å². The molecule has 1 atom stereocenters. The van der Waals surface area contributed by atoms with Crippen LogP contribution in [0.25, 0.3) is 10.9 Å². The van der Waals surface area contributed by atoms with E-state index in [1.165, 1.54) is 10.8 Å². The quantitative estimate of drug-likeness (QED) is 0.649. The third-order valence-corrected chi connectivity index (χ3v) is 5.30. The summed E-state index contributed by atoms with van der Waals surface area (Å²) in [7, 11) is -3.68. The lowest BCUT2D eigenvalue weighted by Crippen LogP contribution is -2.32. The van der Waals surface area contributed by atoms with Crippen LogP contribution in [-0.2, 0) is 9.84 Å². The minimum absolute atomic E-state index is 0.195. The molecule has 3 rings (SSSR count). The van der Waals surface area contributed by atoms with Gasteiger partial charge >= 0.3 is 6.18 Å². The van der Waals surface area contributed by atoms with Crippen molar-refractivity contribution in [3.8, 4) is 5.75 Å². The van der Waals surface area contributed by atoms with Crippen LogP contribution in [0, 0.1) is 0 Å². The molecular formula is C19H16F3NO4S. The van der Waals surface area contributed by atoms with Gasteiger partial charge in [0.1, 0.15) is 5.75 Å². The molecule has 0 saturated heterocycles. The van der Waals surface area contributed by atoms with Gasteiger partial charge in [0.05, 0.1) is 16.0 Å². The summed E-state index contributed by atoms with van der Waals surface area (Å²) in [4.78, 5) is 12.9. The largest absolute Gasteiger partial charge is 0.480 e. The highest BCUT2D eigenvalue weighted by Gasteiger charge is 2.38. The maximum atomic E-state index is 13.1. The Kier molecular flexibility index (Phi) is 4.97. The van der Waals surface area contributed by atoms with Crippen LogP contribution < -0.4 is 4.74 Å². The molecule has 0 amide bonds. The summed E-state index contributed by atoms with van der Waals surface area (Å²) in [5.41, 5.74) is 0.257. The van der Waals surface area contributed by atoms with E-state index in [9.17, 15) is 26.4 Å². The van der Waals surface area contributed by atoms with E-state index >= 15 is 0 Å². The zero-order valence-electron chi connectivity index (χ0n) is 14.9. The Morgan fingerprint density at radius 2 is 1.79 bits per heavy atom. The van der Waals surface area contributed by atoms with Crippen molar-refractivity contribution in [2.75, 3.05) is 6.26 Å². The average Bonchev–Trinajstić information content (AvgIpc) is 3.03.